The zero-order valence-corrected chi connectivity index (χ0v) is 10.0. The summed E-state index contributed by atoms with van der Waals surface area (Å²) in [5.41, 5.74) is 7.75. The summed E-state index contributed by atoms with van der Waals surface area (Å²) in [6.07, 6.45) is 1.99. The number of nitrogens with two attached hydrogens (primary N) is 1. The molecule has 1 heterocycles. The van der Waals surface area contributed by atoms with Crippen molar-refractivity contribution >= 4 is 0 Å². The molecule has 5 nitrogen and oxygen atoms in total. The number of unbranched alkanes of at least 4 members (excludes halogenated alkanes) is 1. The molecule has 5 heteroatoms. The molecule has 2 rings (SSSR count). The Balaban J connectivity index is 2.15. The van der Waals surface area contributed by atoms with Gasteiger partial charge in [0.05, 0.1) is 0 Å². The Labute approximate surface area is 101 Å². The lowest BCUT2D eigenvalue weighted by Gasteiger charge is -2.04. The van der Waals surface area contributed by atoms with E-state index in [0.29, 0.717) is 6.54 Å². The van der Waals surface area contributed by atoms with Crippen molar-refractivity contribution in [2.24, 2.45) is 5.73 Å². The summed E-state index contributed by atoms with van der Waals surface area (Å²) in [7, 11) is 0. The SMILES string of the molecule is Cc1ccc(-c2nnnn2CCCCN)cc1. The Morgan fingerprint density at radius 2 is 1.94 bits per heavy atom. The maximum absolute atomic E-state index is 5.47. The van der Waals surface area contributed by atoms with Crippen molar-refractivity contribution in [2.75, 3.05) is 6.54 Å². The van der Waals surface area contributed by atoms with Gasteiger partial charge in [-0.2, -0.15) is 0 Å². The first-order valence-corrected chi connectivity index (χ1v) is 5.84. The minimum Gasteiger partial charge on any atom is -0.330 e. The highest BCUT2D eigenvalue weighted by Gasteiger charge is 2.07. The summed E-state index contributed by atoms with van der Waals surface area (Å²) in [6.45, 7) is 3.59. The molecule has 0 bridgehead atoms. The molecule has 0 aliphatic rings. The normalized spacial score (nSPS) is 10.7. The van der Waals surface area contributed by atoms with E-state index in [0.717, 1.165) is 30.8 Å². The third kappa shape index (κ3) is 2.88. The van der Waals surface area contributed by atoms with Crippen LogP contribution < -0.4 is 5.73 Å². The Kier molecular flexibility index (Phi) is 3.82. The second-order valence-corrected chi connectivity index (χ2v) is 4.09. The number of aromatic nitrogens is 4. The van der Waals surface area contributed by atoms with Gasteiger partial charge < -0.3 is 5.73 Å². The third-order valence-electron chi connectivity index (χ3n) is 2.67. The molecule has 0 aliphatic carbocycles. The first kappa shape index (κ1) is 11.7. The van der Waals surface area contributed by atoms with Crippen LogP contribution in [0.15, 0.2) is 24.3 Å². The molecule has 17 heavy (non-hydrogen) atoms. The predicted octanol–water partition coefficient (Wildman–Crippen LogP) is 1.39. The van der Waals surface area contributed by atoms with Crippen molar-refractivity contribution in [1.29, 1.82) is 0 Å². The van der Waals surface area contributed by atoms with E-state index in [1.54, 1.807) is 0 Å². The fraction of sp³-hybridized carbons (Fsp3) is 0.417. The van der Waals surface area contributed by atoms with E-state index in [2.05, 4.69) is 34.6 Å². The molecule has 0 unspecified atom stereocenters. The fourth-order valence-corrected chi connectivity index (χ4v) is 1.67. The third-order valence-corrected chi connectivity index (χ3v) is 2.67. The maximum atomic E-state index is 5.47. The van der Waals surface area contributed by atoms with Crippen LogP contribution in [-0.2, 0) is 6.54 Å². The molecule has 0 atom stereocenters. The molecule has 0 fully saturated rings. The van der Waals surface area contributed by atoms with E-state index in [-0.39, 0.29) is 0 Å². The zero-order valence-electron chi connectivity index (χ0n) is 10.0. The Morgan fingerprint density at radius 3 is 2.65 bits per heavy atom. The van der Waals surface area contributed by atoms with Gasteiger partial charge in [0.15, 0.2) is 5.82 Å². The van der Waals surface area contributed by atoms with Crippen LogP contribution >= 0.6 is 0 Å². The lowest BCUT2D eigenvalue weighted by Crippen LogP contribution is -2.06. The number of hydrogen-bond acceptors (Lipinski definition) is 4. The number of tetrazole rings is 1. The fourth-order valence-electron chi connectivity index (χ4n) is 1.67. The van der Waals surface area contributed by atoms with Gasteiger partial charge in [0.25, 0.3) is 0 Å². The van der Waals surface area contributed by atoms with Crippen molar-refractivity contribution in [3.8, 4) is 11.4 Å². The zero-order chi connectivity index (χ0) is 12.1. The van der Waals surface area contributed by atoms with E-state index in [9.17, 15) is 0 Å². The molecule has 0 radical (unpaired) electrons. The van der Waals surface area contributed by atoms with Crippen LogP contribution in [-0.4, -0.2) is 26.8 Å². The van der Waals surface area contributed by atoms with E-state index in [1.807, 2.05) is 16.8 Å². The second-order valence-electron chi connectivity index (χ2n) is 4.09. The van der Waals surface area contributed by atoms with Gasteiger partial charge in [-0.25, -0.2) is 4.68 Å². The molecular formula is C12H17N5. The van der Waals surface area contributed by atoms with Gasteiger partial charge in [-0.15, -0.1) is 5.10 Å². The van der Waals surface area contributed by atoms with E-state index in [1.165, 1.54) is 5.56 Å². The minimum absolute atomic E-state index is 0.710. The van der Waals surface area contributed by atoms with Crippen LogP contribution in [0.5, 0.6) is 0 Å². The summed E-state index contributed by atoms with van der Waals surface area (Å²) in [4.78, 5) is 0. The molecule has 2 N–H and O–H groups in total. The van der Waals surface area contributed by atoms with Crippen LogP contribution in [0.25, 0.3) is 11.4 Å². The van der Waals surface area contributed by atoms with E-state index < -0.39 is 0 Å². The highest BCUT2D eigenvalue weighted by Crippen LogP contribution is 2.16. The second kappa shape index (κ2) is 5.54. The number of aryl methyl sites for hydroxylation is 2. The maximum Gasteiger partial charge on any atom is 0.182 e. The first-order chi connectivity index (χ1) is 8.31. The van der Waals surface area contributed by atoms with E-state index >= 15 is 0 Å². The van der Waals surface area contributed by atoms with Crippen LogP contribution in [0.2, 0.25) is 0 Å². The van der Waals surface area contributed by atoms with Crippen LogP contribution in [0.3, 0.4) is 0 Å². The van der Waals surface area contributed by atoms with Gasteiger partial charge in [0, 0.05) is 12.1 Å². The Hall–Kier alpha value is -1.75. The Bertz CT molecular complexity index is 460. The highest BCUT2D eigenvalue weighted by atomic mass is 15.5. The monoisotopic (exact) mass is 231 g/mol. The molecule has 0 aliphatic heterocycles. The summed E-state index contributed by atoms with van der Waals surface area (Å²) < 4.78 is 1.83. The van der Waals surface area contributed by atoms with E-state index in [4.69, 9.17) is 5.73 Å². The first-order valence-electron chi connectivity index (χ1n) is 5.84. The van der Waals surface area contributed by atoms with Crippen molar-refractivity contribution in [3.05, 3.63) is 29.8 Å². The standard InChI is InChI=1S/C12H17N5/c1-10-4-6-11(7-5-10)12-14-15-16-17(12)9-3-2-8-13/h4-7H,2-3,8-9,13H2,1H3. The van der Waals surface area contributed by atoms with Crippen molar-refractivity contribution in [1.82, 2.24) is 20.2 Å². The van der Waals surface area contributed by atoms with Crippen LogP contribution in [0, 0.1) is 6.92 Å². The lowest BCUT2D eigenvalue weighted by atomic mass is 10.1. The average molecular weight is 231 g/mol. The predicted molar refractivity (Wildman–Crippen MR) is 66.3 cm³/mol. The summed E-state index contributed by atoms with van der Waals surface area (Å²) in [5.74, 6) is 0.821. The van der Waals surface area contributed by atoms with Crippen molar-refractivity contribution in [2.45, 2.75) is 26.3 Å². The number of hydrogen-bond donors (Lipinski definition) is 1. The molecule has 0 amide bonds. The topological polar surface area (TPSA) is 69.6 Å². The molecular weight excluding hydrogens is 214 g/mol. The van der Waals surface area contributed by atoms with Gasteiger partial charge in [0.1, 0.15) is 0 Å². The highest BCUT2D eigenvalue weighted by molar-refractivity contribution is 5.54. The van der Waals surface area contributed by atoms with Crippen LogP contribution in [0.4, 0.5) is 0 Å². The Morgan fingerprint density at radius 1 is 1.18 bits per heavy atom. The molecule has 0 saturated carbocycles. The van der Waals surface area contributed by atoms with Gasteiger partial charge in [-0.1, -0.05) is 29.8 Å². The quantitative estimate of drug-likeness (QED) is 0.789. The van der Waals surface area contributed by atoms with Gasteiger partial charge in [0.2, 0.25) is 0 Å². The molecule has 90 valence electrons. The summed E-state index contributed by atoms with van der Waals surface area (Å²) >= 11 is 0. The lowest BCUT2D eigenvalue weighted by molar-refractivity contribution is 0.548. The molecule has 1 aromatic heterocycles. The molecule has 0 saturated heterocycles. The van der Waals surface area contributed by atoms with Crippen molar-refractivity contribution < 1.29 is 0 Å². The smallest absolute Gasteiger partial charge is 0.182 e. The average Bonchev–Trinajstić information content (AvgIpc) is 2.79. The number of rotatable bonds is 5. The molecule has 2 aromatic rings. The van der Waals surface area contributed by atoms with Gasteiger partial charge in [-0.05, 0) is 36.7 Å². The number of nitrogens with zero attached hydrogens (tertiary/aromatic N) is 4. The van der Waals surface area contributed by atoms with Crippen LogP contribution in [0.1, 0.15) is 18.4 Å². The van der Waals surface area contributed by atoms with Crippen molar-refractivity contribution in [3.63, 3.8) is 0 Å². The van der Waals surface area contributed by atoms with Gasteiger partial charge in [-0.3, -0.25) is 0 Å². The largest absolute Gasteiger partial charge is 0.330 e. The number of benzene rings is 1. The molecule has 0 spiro atoms. The summed E-state index contributed by atoms with van der Waals surface area (Å²) in [6, 6.07) is 8.21. The summed E-state index contributed by atoms with van der Waals surface area (Å²) in [5, 5.41) is 11.8. The minimum atomic E-state index is 0.710. The molecule has 1 aromatic carbocycles. The van der Waals surface area contributed by atoms with Gasteiger partial charge >= 0.3 is 0 Å².